The Morgan fingerprint density at radius 1 is 1.35 bits per heavy atom. The van der Waals surface area contributed by atoms with Crippen molar-refractivity contribution in [2.45, 2.75) is 20.3 Å². The lowest BCUT2D eigenvalue weighted by molar-refractivity contribution is 0.290. The van der Waals surface area contributed by atoms with Gasteiger partial charge in [-0.2, -0.15) is 20.1 Å². The van der Waals surface area contributed by atoms with Crippen LogP contribution in [-0.4, -0.2) is 31.3 Å². The fourth-order valence-corrected chi connectivity index (χ4v) is 1.36. The Hall–Kier alpha value is -1.69. The molecule has 7 heteroatoms. The first kappa shape index (κ1) is 11.8. The molecule has 17 heavy (non-hydrogen) atoms. The quantitative estimate of drug-likeness (QED) is 0.831. The van der Waals surface area contributed by atoms with Crippen LogP contribution >= 0.6 is 11.6 Å². The van der Waals surface area contributed by atoms with E-state index in [1.165, 1.54) is 4.68 Å². The van der Waals surface area contributed by atoms with E-state index in [0.29, 0.717) is 12.6 Å². The summed E-state index contributed by atoms with van der Waals surface area (Å²) in [6, 6.07) is 2.07. The summed E-state index contributed by atoms with van der Waals surface area (Å²) in [5.74, 6) is 0.351. The molecule has 0 atom stereocenters. The molecule has 2 aromatic heterocycles. The van der Waals surface area contributed by atoms with Crippen molar-refractivity contribution < 1.29 is 4.74 Å². The lowest BCUT2D eigenvalue weighted by Gasteiger charge is -2.04. The molecule has 2 rings (SSSR count). The second-order valence-corrected chi connectivity index (χ2v) is 3.78. The van der Waals surface area contributed by atoms with Gasteiger partial charge in [0, 0.05) is 6.20 Å². The molecule has 0 aliphatic rings. The minimum absolute atomic E-state index is 0.0919. The normalized spacial score (nSPS) is 10.5. The highest BCUT2D eigenvalue weighted by atomic mass is 35.5. The van der Waals surface area contributed by atoms with Gasteiger partial charge in [-0.05, 0) is 31.0 Å². The highest BCUT2D eigenvalue weighted by Crippen LogP contribution is 2.11. The average molecular weight is 254 g/mol. The lowest BCUT2D eigenvalue weighted by atomic mass is 10.5. The molecule has 0 unspecified atom stereocenters. The lowest BCUT2D eigenvalue weighted by Crippen LogP contribution is -2.07. The number of ether oxygens (including phenoxy) is 1. The van der Waals surface area contributed by atoms with E-state index in [1.54, 1.807) is 6.20 Å². The van der Waals surface area contributed by atoms with E-state index >= 15 is 0 Å². The molecular weight excluding hydrogens is 242 g/mol. The number of halogens is 1. The number of hydrogen-bond acceptors (Lipinski definition) is 5. The zero-order chi connectivity index (χ0) is 12.3. The van der Waals surface area contributed by atoms with Crippen LogP contribution in [0.15, 0.2) is 12.3 Å². The molecule has 0 saturated carbocycles. The predicted molar refractivity (Wildman–Crippen MR) is 62.5 cm³/mol. The van der Waals surface area contributed by atoms with Crippen molar-refractivity contribution in [3.8, 4) is 12.0 Å². The van der Waals surface area contributed by atoms with Crippen LogP contribution in [-0.2, 0) is 0 Å². The van der Waals surface area contributed by atoms with Crippen LogP contribution < -0.4 is 4.74 Å². The highest BCUT2D eigenvalue weighted by Gasteiger charge is 2.08. The zero-order valence-corrected chi connectivity index (χ0v) is 10.3. The summed E-state index contributed by atoms with van der Waals surface area (Å²) in [7, 11) is 0. The van der Waals surface area contributed by atoms with Crippen molar-refractivity contribution >= 4 is 11.6 Å². The van der Waals surface area contributed by atoms with Gasteiger partial charge in [0.15, 0.2) is 0 Å². The Labute approximate surface area is 104 Å². The van der Waals surface area contributed by atoms with Crippen LogP contribution in [0.5, 0.6) is 6.01 Å². The van der Waals surface area contributed by atoms with Gasteiger partial charge in [-0.25, -0.2) is 4.68 Å². The highest BCUT2D eigenvalue weighted by molar-refractivity contribution is 6.28. The fraction of sp³-hybridized carbons (Fsp3) is 0.400. The number of aromatic nitrogens is 5. The SMILES string of the molecule is CCCOc1nc(Cl)nc(-n2ccc(C)n2)n1. The third-order valence-electron chi connectivity index (χ3n) is 1.94. The van der Waals surface area contributed by atoms with Gasteiger partial charge in [0.1, 0.15) is 0 Å². The van der Waals surface area contributed by atoms with Crippen molar-refractivity contribution in [1.29, 1.82) is 0 Å². The van der Waals surface area contributed by atoms with Gasteiger partial charge >= 0.3 is 6.01 Å². The van der Waals surface area contributed by atoms with Gasteiger partial charge < -0.3 is 4.74 Å². The third kappa shape index (κ3) is 2.91. The summed E-state index contributed by atoms with van der Waals surface area (Å²) >= 11 is 5.80. The van der Waals surface area contributed by atoms with Gasteiger partial charge in [-0.1, -0.05) is 6.92 Å². The summed E-state index contributed by atoms with van der Waals surface area (Å²) in [4.78, 5) is 12.0. The zero-order valence-electron chi connectivity index (χ0n) is 9.59. The summed E-state index contributed by atoms with van der Waals surface area (Å²) in [5, 5.41) is 4.29. The van der Waals surface area contributed by atoms with Gasteiger partial charge in [0.05, 0.1) is 12.3 Å². The minimum Gasteiger partial charge on any atom is -0.463 e. The topological polar surface area (TPSA) is 65.7 Å². The van der Waals surface area contributed by atoms with Crippen LogP contribution in [0, 0.1) is 6.92 Å². The van der Waals surface area contributed by atoms with Crippen molar-refractivity contribution in [3.05, 3.63) is 23.2 Å². The van der Waals surface area contributed by atoms with Gasteiger partial charge in [0.2, 0.25) is 5.28 Å². The number of hydrogen-bond donors (Lipinski definition) is 0. The van der Waals surface area contributed by atoms with Crippen LogP contribution in [0.2, 0.25) is 5.28 Å². The number of rotatable bonds is 4. The van der Waals surface area contributed by atoms with Gasteiger partial charge in [-0.3, -0.25) is 0 Å². The van der Waals surface area contributed by atoms with E-state index in [9.17, 15) is 0 Å². The molecule has 6 nitrogen and oxygen atoms in total. The summed E-state index contributed by atoms with van der Waals surface area (Å²) in [6.45, 7) is 4.42. The number of aryl methyl sites for hydroxylation is 1. The van der Waals surface area contributed by atoms with Crippen molar-refractivity contribution in [1.82, 2.24) is 24.7 Å². The van der Waals surface area contributed by atoms with E-state index in [1.807, 2.05) is 19.9 Å². The van der Waals surface area contributed by atoms with Crippen LogP contribution in [0.1, 0.15) is 19.0 Å². The van der Waals surface area contributed by atoms with Crippen LogP contribution in [0.25, 0.3) is 5.95 Å². The number of nitrogens with zero attached hydrogens (tertiary/aromatic N) is 5. The molecule has 0 radical (unpaired) electrons. The molecule has 0 N–H and O–H groups in total. The molecule has 0 amide bonds. The van der Waals surface area contributed by atoms with E-state index in [2.05, 4.69) is 20.1 Å². The molecule has 0 aliphatic heterocycles. The summed E-state index contributed by atoms with van der Waals surface area (Å²) in [5.41, 5.74) is 0.873. The molecule has 2 aromatic rings. The Bertz CT molecular complexity index is 513. The minimum atomic E-state index is 0.0919. The molecule has 0 fully saturated rings. The first-order chi connectivity index (χ1) is 8.19. The Morgan fingerprint density at radius 3 is 2.82 bits per heavy atom. The fourth-order valence-electron chi connectivity index (χ4n) is 1.21. The smallest absolute Gasteiger partial charge is 0.322 e. The van der Waals surface area contributed by atoms with E-state index in [-0.39, 0.29) is 11.3 Å². The summed E-state index contributed by atoms with van der Waals surface area (Å²) in [6.07, 6.45) is 2.63. The maximum absolute atomic E-state index is 5.80. The summed E-state index contributed by atoms with van der Waals surface area (Å²) < 4.78 is 6.85. The molecule has 0 saturated heterocycles. The standard InChI is InChI=1S/C10H12ClN5O/c1-3-6-17-10-13-8(11)12-9(14-10)16-5-4-7(2)15-16/h4-5H,3,6H2,1-2H3. The van der Waals surface area contributed by atoms with Gasteiger partial charge in [0.25, 0.3) is 5.95 Å². The van der Waals surface area contributed by atoms with E-state index in [0.717, 1.165) is 12.1 Å². The molecular formula is C10H12ClN5O. The van der Waals surface area contributed by atoms with Gasteiger partial charge in [-0.15, -0.1) is 0 Å². The Morgan fingerprint density at radius 2 is 2.18 bits per heavy atom. The Balaban J connectivity index is 2.31. The van der Waals surface area contributed by atoms with Crippen LogP contribution in [0.3, 0.4) is 0 Å². The maximum atomic E-state index is 5.80. The maximum Gasteiger partial charge on any atom is 0.322 e. The molecule has 0 bridgehead atoms. The second kappa shape index (κ2) is 5.09. The predicted octanol–water partition coefficient (Wildman–Crippen LogP) is 1.81. The molecule has 2 heterocycles. The molecule has 0 spiro atoms. The molecule has 0 aromatic carbocycles. The first-order valence-electron chi connectivity index (χ1n) is 5.26. The van der Waals surface area contributed by atoms with E-state index < -0.39 is 0 Å². The monoisotopic (exact) mass is 253 g/mol. The van der Waals surface area contributed by atoms with Crippen molar-refractivity contribution in [2.75, 3.05) is 6.61 Å². The Kier molecular flexibility index (Phi) is 3.53. The molecule has 0 aliphatic carbocycles. The van der Waals surface area contributed by atoms with Crippen molar-refractivity contribution in [3.63, 3.8) is 0 Å². The first-order valence-corrected chi connectivity index (χ1v) is 5.64. The third-order valence-corrected chi connectivity index (χ3v) is 2.11. The average Bonchev–Trinajstić information content (AvgIpc) is 2.72. The van der Waals surface area contributed by atoms with Crippen LogP contribution in [0.4, 0.5) is 0 Å². The van der Waals surface area contributed by atoms with Crippen molar-refractivity contribution in [2.24, 2.45) is 0 Å². The molecule has 90 valence electrons. The largest absolute Gasteiger partial charge is 0.463 e. The second-order valence-electron chi connectivity index (χ2n) is 3.44. The van der Waals surface area contributed by atoms with E-state index in [4.69, 9.17) is 16.3 Å².